The van der Waals surface area contributed by atoms with Crippen LogP contribution in [0.2, 0.25) is 0 Å². The summed E-state index contributed by atoms with van der Waals surface area (Å²) in [5, 5.41) is 0. The van der Waals surface area contributed by atoms with Crippen molar-refractivity contribution < 1.29 is 0 Å². The van der Waals surface area contributed by atoms with E-state index in [1.807, 2.05) is 0 Å². The van der Waals surface area contributed by atoms with Crippen molar-refractivity contribution in [2.24, 2.45) is 0 Å². The SMILES string of the molecule is ClC12CC(Cl)(C1)C2. The monoisotopic (exact) mass is 136 g/mol. The van der Waals surface area contributed by atoms with Crippen molar-refractivity contribution in [3.05, 3.63) is 0 Å². The van der Waals surface area contributed by atoms with Crippen LogP contribution < -0.4 is 0 Å². The summed E-state index contributed by atoms with van der Waals surface area (Å²) >= 11 is 11.8. The second-order valence-corrected chi connectivity index (χ2v) is 4.44. The van der Waals surface area contributed by atoms with E-state index in [1.165, 1.54) is 0 Å². The molecule has 0 aromatic heterocycles. The summed E-state index contributed by atoms with van der Waals surface area (Å²) in [5.74, 6) is 0. The van der Waals surface area contributed by atoms with E-state index in [0.29, 0.717) is 0 Å². The van der Waals surface area contributed by atoms with E-state index < -0.39 is 0 Å². The summed E-state index contributed by atoms with van der Waals surface area (Å²) in [5.41, 5.74) is 0. The van der Waals surface area contributed by atoms with Gasteiger partial charge in [-0.1, -0.05) is 0 Å². The molecule has 0 heterocycles. The number of hydrogen-bond donors (Lipinski definition) is 0. The predicted molar refractivity (Wildman–Crippen MR) is 31.0 cm³/mol. The average molecular weight is 137 g/mol. The number of rotatable bonds is 0. The lowest BCUT2D eigenvalue weighted by molar-refractivity contribution is 0.0825. The molecule has 0 aromatic rings. The quantitative estimate of drug-likeness (QED) is 0.448. The molecule has 7 heavy (non-hydrogen) atoms. The molecule has 0 saturated heterocycles. The van der Waals surface area contributed by atoms with Crippen molar-refractivity contribution in [1.82, 2.24) is 0 Å². The highest BCUT2D eigenvalue weighted by molar-refractivity contribution is 6.34. The van der Waals surface area contributed by atoms with Gasteiger partial charge in [-0.25, -0.2) is 0 Å². The van der Waals surface area contributed by atoms with Gasteiger partial charge < -0.3 is 0 Å². The van der Waals surface area contributed by atoms with Gasteiger partial charge in [0.15, 0.2) is 0 Å². The maximum absolute atomic E-state index is 5.88. The molecule has 3 aliphatic carbocycles. The van der Waals surface area contributed by atoms with Crippen LogP contribution in [-0.2, 0) is 0 Å². The Balaban J connectivity index is 2.16. The van der Waals surface area contributed by atoms with Crippen LogP contribution in [0.15, 0.2) is 0 Å². The van der Waals surface area contributed by atoms with Crippen molar-refractivity contribution in [2.75, 3.05) is 0 Å². The Hall–Kier alpha value is 0.580. The zero-order valence-corrected chi connectivity index (χ0v) is 5.39. The molecule has 0 radical (unpaired) electrons. The van der Waals surface area contributed by atoms with Gasteiger partial charge in [-0.2, -0.15) is 0 Å². The van der Waals surface area contributed by atoms with Gasteiger partial charge in [0.1, 0.15) is 0 Å². The van der Waals surface area contributed by atoms with Gasteiger partial charge in [0, 0.05) is 9.75 Å². The fourth-order valence-corrected chi connectivity index (χ4v) is 3.29. The third kappa shape index (κ3) is 0.400. The largest absolute Gasteiger partial charge is 0.119 e. The summed E-state index contributed by atoms with van der Waals surface area (Å²) in [6.07, 6.45) is 3.13. The molecule has 0 aliphatic heterocycles. The van der Waals surface area contributed by atoms with E-state index in [0.717, 1.165) is 19.3 Å². The van der Waals surface area contributed by atoms with Crippen LogP contribution in [0.4, 0.5) is 0 Å². The highest BCUT2D eigenvalue weighted by atomic mass is 35.5. The standard InChI is InChI=1S/C5H6Cl2/c6-4-1-5(7,2-4)3-4/h1-3H2. The highest BCUT2D eigenvalue weighted by Gasteiger charge is 2.66. The Morgan fingerprint density at radius 1 is 0.857 bits per heavy atom. The Kier molecular flexibility index (Phi) is 0.538. The summed E-state index contributed by atoms with van der Waals surface area (Å²) in [4.78, 5) is 0.337. The molecular weight excluding hydrogens is 131 g/mol. The number of hydrogen-bond acceptors (Lipinski definition) is 0. The molecule has 40 valence electrons. The first-order chi connectivity index (χ1) is 3.12. The van der Waals surface area contributed by atoms with Crippen molar-refractivity contribution in [3.63, 3.8) is 0 Å². The lowest BCUT2D eigenvalue weighted by Gasteiger charge is -2.63. The first kappa shape index (κ1) is 4.46. The van der Waals surface area contributed by atoms with Gasteiger partial charge in [-0.15, -0.1) is 23.2 Å². The first-order valence-corrected chi connectivity index (χ1v) is 3.26. The molecule has 0 aromatic carbocycles. The van der Waals surface area contributed by atoms with E-state index in [2.05, 4.69) is 0 Å². The minimum absolute atomic E-state index is 0.168. The minimum atomic E-state index is 0.168. The molecular formula is C5H6Cl2. The zero-order valence-electron chi connectivity index (χ0n) is 3.88. The van der Waals surface area contributed by atoms with Crippen LogP contribution in [0.3, 0.4) is 0 Å². The average Bonchev–Trinajstić information content (AvgIpc) is 1.27. The molecule has 0 amide bonds. The van der Waals surface area contributed by atoms with Crippen molar-refractivity contribution in [2.45, 2.75) is 29.0 Å². The Morgan fingerprint density at radius 3 is 1.14 bits per heavy atom. The molecule has 3 aliphatic rings. The van der Waals surface area contributed by atoms with E-state index in [9.17, 15) is 0 Å². The lowest BCUT2D eigenvalue weighted by Crippen LogP contribution is -2.65. The van der Waals surface area contributed by atoms with Crippen LogP contribution in [0.5, 0.6) is 0 Å². The Labute approximate surface area is 52.8 Å². The topological polar surface area (TPSA) is 0 Å². The van der Waals surface area contributed by atoms with Crippen LogP contribution in [0, 0.1) is 0 Å². The molecule has 0 unspecified atom stereocenters. The molecule has 0 nitrogen and oxygen atoms in total. The van der Waals surface area contributed by atoms with Gasteiger partial charge in [-0.05, 0) is 19.3 Å². The number of halogens is 2. The van der Waals surface area contributed by atoms with Gasteiger partial charge in [0.05, 0.1) is 0 Å². The second-order valence-electron chi connectivity index (χ2n) is 2.83. The summed E-state index contributed by atoms with van der Waals surface area (Å²) in [7, 11) is 0. The minimum Gasteiger partial charge on any atom is -0.119 e. The molecule has 3 fully saturated rings. The molecule has 2 heteroatoms. The second kappa shape index (κ2) is 0.844. The fraction of sp³-hybridized carbons (Fsp3) is 1.00. The smallest absolute Gasteiger partial charge is 0.0497 e. The van der Waals surface area contributed by atoms with E-state index in [1.54, 1.807) is 0 Å². The summed E-state index contributed by atoms with van der Waals surface area (Å²) in [6, 6.07) is 0. The lowest BCUT2D eigenvalue weighted by atomic mass is 9.54. The third-order valence-corrected chi connectivity index (χ3v) is 2.70. The molecule has 0 atom stereocenters. The van der Waals surface area contributed by atoms with Gasteiger partial charge in [0.2, 0.25) is 0 Å². The van der Waals surface area contributed by atoms with Crippen molar-refractivity contribution in [1.29, 1.82) is 0 Å². The van der Waals surface area contributed by atoms with Crippen LogP contribution in [0.1, 0.15) is 19.3 Å². The maximum Gasteiger partial charge on any atom is 0.0497 e. The fourth-order valence-electron chi connectivity index (χ4n) is 1.55. The maximum atomic E-state index is 5.88. The molecule has 3 rings (SSSR count). The normalized spacial score (nSPS) is 66.0. The van der Waals surface area contributed by atoms with Gasteiger partial charge in [-0.3, -0.25) is 0 Å². The number of alkyl halides is 2. The van der Waals surface area contributed by atoms with E-state index >= 15 is 0 Å². The van der Waals surface area contributed by atoms with E-state index in [4.69, 9.17) is 23.2 Å². The first-order valence-electron chi connectivity index (χ1n) is 2.50. The molecule has 0 spiro atoms. The Bertz CT molecular complexity index is 87.5. The molecule has 2 bridgehead atoms. The predicted octanol–water partition coefficient (Wildman–Crippen LogP) is 2.14. The van der Waals surface area contributed by atoms with Crippen LogP contribution in [0.25, 0.3) is 0 Å². The Morgan fingerprint density at radius 2 is 1.14 bits per heavy atom. The van der Waals surface area contributed by atoms with Gasteiger partial charge in [0.25, 0.3) is 0 Å². The van der Waals surface area contributed by atoms with Crippen LogP contribution in [-0.4, -0.2) is 9.75 Å². The summed E-state index contributed by atoms with van der Waals surface area (Å²) in [6.45, 7) is 0. The van der Waals surface area contributed by atoms with Gasteiger partial charge >= 0.3 is 0 Å². The summed E-state index contributed by atoms with van der Waals surface area (Å²) < 4.78 is 0. The molecule has 0 N–H and O–H groups in total. The third-order valence-electron chi connectivity index (χ3n) is 1.90. The highest BCUT2D eigenvalue weighted by Crippen LogP contribution is 2.68. The molecule has 3 saturated carbocycles. The van der Waals surface area contributed by atoms with E-state index in [-0.39, 0.29) is 9.75 Å². The van der Waals surface area contributed by atoms with Crippen molar-refractivity contribution in [3.8, 4) is 0 Å². The zero-order chi connectivity index (χ0) is 5.12. The van der Waals surface area contributed by atoms with Crippen molar-refractivity contribution >= 4 is 23.2 Å². The van der Waals surface area contributed by atoms with Crippen LogP contribution >= 0.6 is 23.2 Å².